The summed E-state index contributed by atoms with van der Waals surface area (Å²) in [4.78, 5) is 25.8. The van der Waals surface area contributed by atoms with E-state index in [1.807, 2.05) is 6.92 Å². The second-order valence-corrected chi connectivity index (χ2v) is 8.01. The highest BCUT2D eigenvalue weighted by Gasteiger charge is 2.53. The van der Waals surface area contributed by atoms with Crippen LogP contribution in [0.25, 0.3) is 0 Å². The van der Waals surface area contributed by atoms with Crippen LogP contribution in [0.5, 0.6) is 11.5 Å². The molecule has 1 aromatic carbocycles. The van der Waals surface area contributed by atoms with Crippen LogP contribution < -0.4 is 14.8 Å². The molecule has 1 aromatic rings. The van der Waals surface area contributed by atoms with Crippen LogP contribution in [0.4, 0.5) is 4.79 Å². The van der Waals surface area contributed by atoms with Crippen LogP contribution >= 0.6 is 0 Å². The molecule has 7 heteroatoms. The van der Waals surface area contributed by atoms with Crippen LogP contribution in [0.1, 0.15) is 50.2 Å². The summed E-state index contributed by atoms with van der Waals surface area (Å²) < 4.78 is 12.0. The molecular weight excluding hydrogens is 346 g/mol. The molecule has 2 heterocycles. The Morgan fingerprint density at radius 2 is 2.15 bits per heavy atom. The highest BCUT2D eigenvalue weighted by molar-refractivity contribution is 6.04. The van der Waals surface area contributed by atoms with E-state index >= 15 is 0 Å². The van der Waals surface area contributed by atoms with Gasteiger partial charge in [-0.15, -0.1) is 0 Å². The first-order valence-electron chi connectivity index (χ1n) is 9.56. The van der Waals surface area contributed by atoms with E-state index in [9.17, 15) is 14.9 Å². The lowest BCUT2D eigenvalue weighted by Crippen LogP contribution is -2.52. The van der Waals surface area contributed by atoms with E-state index in [0.29, 0.717) is 31.4 Å². The van der Waals surface area contributed by atoms with Crippen molar-refractivity contribution in [2.24, 2.45) is 0 Å². The number of carbonyl (C=O) groups is 2. The molecule has 0 bridgehead atoms. The molecule has 1 spiro atoms. The lowest BCUT2D eigenvalue weighted by Gasteiger charge is -2.39. The summed E-state index contributed by atoms with van der Waals surface area (Å²) >= 11 is 0. The minimum atomic E-state index is -0.403. The van der Waals surface area contributed by atoms with Gasteiger partial charge in [-0.25, -0.2) is 4.79 Å². The summed E-state index contributed by atoms with van der Waals surface area (Å²) in [6, 6.07) is 4.93. The third-order valence-corrected chi connectivity index (χ3v) is 6.27. The second kappa shape index (κ2) is 5.62. The topological polar surface area (TPSA) is 91.7 Å². The van der Waals surface area contributed by atoms with Gasteiger partial charge in [-0.3, -0.25) is 9.69 Å². The standard InChI is InChI=1S/C20H21N3O4/c1-2-14-18(24)23(19(25)22-14)12-7-13(8-12)27-16-6-11(9-21)5-15-17(16)20(3-4-20)10-26-15/h5-6,12-14H,2-4,7-8,10H2,1H3,(H,22,25)/t12?,13?,14-/m1/s1. The summed E-state index contributed by atoms with van der Waals surface area (Å²) in [6.07, 6.45) is 3.94. The molecule has 2 aliphatic carbocycles. The van der Waals surface area contributed by atoms with E-state index in [4.69, 9.17) is 9.47 Å². The van der Waals surface area contributed by atoms with E-state index in [0.717, 1.165) is 29.9 Å². The third-order valence-electron chi connectivity index (χ3n) is 6.27. The zero-order chi connectivity index (χ0) is 18.8. The number of hydrogen-bond acceptors (Lipinski definition) is 5. The Labute approximate surface area is 157 Å². The number of nitrogens with zero attached hydrogens (tertiary/aromatic N) is 2. The van der Waals surface area contributed by atoms with Crippen LogP contribution in [0.3, 0.4) is 0 Å². The van der Waals surface area contributed by atoms with Crippen molar-refractivity contribution in [3.63, 3.8) is 0 Å². The monoisotopic (exact) mass is 367 g/mol. The summed E-state index contributed by atoms with van der Waals surface area (Å²) in [5.74, 6) is 1.35. The van der Waals surface area contributed by atoms with Gasteiger partial charge in [0, 0.05) is 29.9 Å². The van der Waals surface area contributed by atoms with Crippen molar-refractivity contribution in [3.05, 3.63) is 23.3 Å². The van der Waals surface area contributed by atoms with Gasteiger partial charge < -0.3 is 14.8 Å². The van der Waals surface area contributed by atoms with Crippen LogP contribution in [0.15, 0.2) is 12.1 Å². The molecule has 2 aliphatic heterocycles. The summed E-state index contributed by atoms with van der Waals surface area (Å²) in [5.41, 5.74) is 1.67. The number of nitrogens with one attached hydrogen (secondary N) is 1. The molecule has 0 unspecified atom stereocenters. The highest BCUT2D eigenvalue weighted by atomic mass is 16.5. The molecule has 3 fully saturated rings. The number of imide groups is 1. The second-order valence-electron chi connectivity index (χ2n) is 8.01. The number of rotatable bonds is 4. The number of nitriles is 1. The van der Waals surface area contributed by atoms with Gasteiger partial charge in [-0.05, 0) is 31.4 Å². The van der Waals surface area contributed by atoms with Gasteiger partial charge in [0.15, 0.2) is 0 Å². The van der Waals surface area contributed by atoms with Crippen molar-refractivity contribution in [1.29, 1.82) is 5.26 Å². The normalized spacial score (nSPS) is 29.6. The summed E-state index contributed by atoms with van der Waals surface area (Å²) in [5, 5.41) is 12.0. The van der Waals surface area contributed by atoms with Gasteiger partial charge in [0.1, 0.15) is 23.6 Å². The fourth-order valence-corrected chi connectivity index (χ4v) is 4.41. The van der Waals surface area contributed by atoms with Crippen molar-refractivity contribution < 1.29 is 19.1 Å². The van der Waals surface area contributed by atoms with Crippen molar-refractivity contribution in [2.75, 3.05) is 6.61 Å². The lowest BCUT2D eigenvalue weighted by atomic mass is 9.87. The van der Waals surface area contributed by atoms with Crippen LogP contribution in [0.2, 0.25) is 0 Å². The zero-order valence-corrected chi connectivity index (χ0v) is 15.2. The summed E-state index contributed by atoms with van der Waals surface area (Å²) in [6.45, 7) is 2.54. The first-order chi connectivity index (χ1) is 13.0. The van der Waals surface area contributed by atoms with Crippen molar-refractivity contribution in [2.45, 2.75) is 62.6 Å². The predicted octanol–water partition coefficient (Wildman–Crippen LogP) is 2.22. The number of fused-ring (bicyclic) bond motifs is 2. The first kappa shape index (κ1) is 16.4. The molecule has 0 radical (unpaired) electrons. The van der Waals surface area contributed by atoms with E-state index in [1.54, 1.807) is 12.1 Å². The molecule has 0 aromatic heterocycles. The fraction of sp³-hybridized carbons (Fsp3) is 0.550. The largest absolute Gasteiger partial charge is 0.492 e. The number of benzene rings is 1. The predicted molar refractivity (Wildman–Crippen MR) is 94.5 cm³/mol. The maximum Gasteiger partial charge on any atom is 0.325 e. The Balaban J connectivity index is 1.31. The van der Waals surface area contributed by atoms with Crippen LogP contribution in [0, 0.1) is 11.3 Å². The van der Waals surface area contributed by atoms with Gasteiger partial charge in [-0.1, -0.05) is 6.92 Å². The van der Waals surface area contributed by atoms with E-state index < -0.39 is 6.04 Å². The van der Waals surface area contributed by atoms with Crippen molar-refractivity contribution >= 4 is 11.9 Å². The quantitative estimate of drug-likeness (QED) is 0.824. The van der Waals surface area contributed by atoms with E-state index in [-0.39, 0.29) is 29.5 Å². The van der Waals surface area contributed by atoms with E-state index in [2.05, 4.69) is 11.4 Å². The number of amides is 3. The van der Waals surface area contributed by atoms with Gasteiger partial charge in [0.2, 0.25) is 0 Å². The Hall–Kier alpha value is -2.75. The average molecular weight is 367 g/mol. The Morgan fingerprint density at radius 3 is 2.78 bits per heavy atom. The molecular formula is C20H21N3O4. The maximum absolute atomic E-state index is 12.3. The third kappa shape index (κ3) is 2.39. The molecule has 27 heavy (non-hydrogen) atoms. The van der Waals surface area contributed by atoms with Crippen LogP contribution in [-0.2, 0) is 10.2 Å². The molecule has 1 saturated heterocycles. The lowest BCUT2D eigenvalue weighted by molar-refractivity contribution is -0.131. The molecule has 3 amide bonds. The van der Waals surface area contributed by atoms with Crippen LogP contribution in [-0.4, -0.2) is 41.6 Å². The van der Waals surface area contributed by atoms with Gasteiger partial charge in [-0.2, -0.15) is 5.26 Å². The number of ether oxygens (including phenoxy) is 2. The molecule has 1 atom stereocenters. The minimum absolute atomic E-state index is 0.0565. The van der Waals surface area contributed by atoms with E-state index in [1.165, 1.54) is 4.90 Å². The summed E-state index contributed by atoms with van der Waals surface area (Å²) in [7, 11) is 0. The van der Waals surface area contributed by atoms with Crippen molar-refractivity contribution in [3.8, 4) is 17.6 Å². The van der Waals surface area contributed by atoms with Gasteiger partial charge >= 0.3 is 6.03 Å². The molecule has 1 N–H and O–H groups in total. The molecule has 7 nitrogen and oxygen atoms in total. The molecule has 4 aliphatic rings. The first-order valence-corrected chi connectivity index (χ1v) is 9.56. The van der Waals surface area contributed by atoms with Gasteiger partial charge in [0.05, 0.1) is 18.2 Å². The highest BCUT2D eigenvalue weighted by Crippen LogP contribution is 2.59. The maximum atomic E-state index is 12.3. The molecule has 5 rings (SSSR count). The minimum Gasteiger partial charge on any atom is -0.492 e. The van der Waals surface area contributed by atoms with Gasteiger partial charge in [0.25, 0.3) is 5.91 Å². The average Bonchev–Trinajstić information content (AvgIpc) is 3.24. The fourth-order valence-electron chi connectivity index (χ4n) is 4.41. The SMILES string of the molecule is CC[C@H]1NC(=O)N(C2CC(Oc3cc(C#N)cc4c3C3(CC3)CO4)C2)C1=O. The molecule has 140 valence electrons. The Morgan fingerprint density at radius 1 is 1.37 bits per heavy atom. The Kier molecular flexibility index (Phi) is 3.42. The molecule has 2 saturated carbocycles. The number of urea groups is 1. The number of carbonyl (C=O) groups excluding carboxylic acids is 2. The zero-order valence-electron chi connectivity index (χ0n) is 15.2. The smallest absolute Gasteiger partial charge is 0.325 e. The van der Waals surface area contributed by atoms with Crippen molar-refractivity contribution in [1.82, 2.24) is 10.2 Å². The number of hydrogen-bond donors (Lipinski definition) is 1. The Bertz CT molecular complexity index is 880.